The SMILES string of the molecule is Cc1ccccc1-c1c2c(c(-c3ccccc3C)c3cc4cc(N(c5ccccc5)c5ccccc5)ccc4cc13)-c1ccc3c4c(ccc-2c14)-c1ccccc1-3. The van der Waals surface area contributed by atoms with Gasteiger partial charge in [-0.25, -0.2) is 0 Å². The van der Waals surface area contributed by atoms with Crippen LogP contribution in [0.1, 0.15) is 11.1 Å². The minimum atomic E-state index is 1.13. The normalized spacial score (nSPS) is 12.0. The Morgan fingerprint density at radius 3 is 1.21 bits per heavy atom. The molecule has 10 aromatic carbocycles. The van der Waals surface area contributed by atoms with Crippen molar-refractivity contribution in [3.63, 3.8) is 0 Å². The summed E-state index contributed by atoms with van der Waals surface area (Å²) in [6, 6.07) is 69.8. The first-order valence-corrected chi connectivity index (χ1v) is 19.9. The summed E-state index contributed by atoms with van der Waals surface area (Å²) < 4.78 is 0. The first kappa shape index (κ1) is 32.1. The predicted molar refractivity (Wildman–Crippen MR) is 243 cm³/mol. The van der Waals surface area contributed by atoms with Crippen molar-refractivity contribution in [2.24, 2.45) is 0 Å². The van der Waals surface area contributed by atoms with E-state index in [1.165, 1.54) is 110 Å². The summed E-state index contributed by atoms with van der Waals surface area (Å²) in [5.74, 6) is 0. The van der Waals surface area contributed by atoms with E-state index in [9.17, 15) is 0 Å². The Morgan fingerprint density at radius 2 is 0.702 bits per heavy atom. The third kappa shape index (κ3) is 4.57. The molecule has 0 heterocycles. The Kier molecular flexibility index (Phi) is 6.83. The fraction of sp³-hybridized carbons (Fsp3) is 0.0357. The summed E-state index contributed by atoms with van der Waals surface area (Å²) in [6.07, 6.45) is 0. The van der Waals surface area contributed by atoms with Crippen molar-refractivity contribution in [2.75, 3.05) is 4.90 Å². The fourth-order valence-corrected chi connectivity index (χ4v) is 10.1. The number of nitrogens with zero attached hydrogens (tertiary/aromatic N) is 1. The molecule has 0 saturated carbocycles. The molecule has 266 valence electrons. The van der Waals surface area contributed by atoms with Crippen LogP contribution >= 0.6 is 0 Å². The van der Waals surface area contributed by atoms with Gasteiger partial charge in [0.05, 0.1) is 0 Å². The van der Waals surface area contributed by atoms with Crippen molar-refractivity contribution in [3.8, 4) is 66.8 Å². The van der Waals surface area contributed by atoms with Crippen LogP contribution in [0.5, 0.6) is 0 Å². The molecule has 10 aromatic rings. The third-order valence-electron chi connectivity index (χ3n) is 12.6. The van der Waals surface area contributed by atoms with Crippen LogP contribution in [-0.4, -0.2) is 0 Å². The molecular weight excluding hydrogens is 687 g/mol. The lowest BCUT2D eigenvalue weighted by Crippen LogP contribution is -2.09. The van der Waals surface area contributed by atoms with E-state index in [0.717, 1.165) is 17.1 Å². The van der Waals surface area contributed by atoms with E-state index in [1.54, 1.807) is 0 Å². The summed E-state index contributed by atoms with van der Waals surface area (Å²) in [5.41, 5.74) is 21.9. The maximum Gasteiger partial charge on any atom is 0.0468 e. The molecule has 57 heavy (non-hydrogen) atoms. The van der Waals surface area contributed by atoms with Crippen LogP contribution in [0.4, 0.5) is 17.1 Å². The number of fused-ring (bicyclic) bond motifs is 8. The van der Waals surface area contributed by atoms with E-state index < -0.39 is 0 Å². The van der Waals surface area contributed by atoms with Gasteiger partial charge < -0.3 is 4.90 Å². The van der Waals surface area contributed by atoms with Gasteiger partial charge in [0.1, 0.15) is 0 Å². The highest BCUT2D eigenvalue weighted by molar-refractivity contribution is 6.33. The lowest BCUT2D eigenvalue weighted by molar-refractivity contribution is 1.29. The molecular formula is C56H37N. The zero-order valence-electron chi connectivity index (χ0n) is 31.8. The van der Waals surface area contributed by atoms with Crippen LogP contribution in [-0.2, 0) is 0 Å². The third-order valence-corrected chi connectivity index (χ3v) is 12.6. The predicted octanol–water partition coefficient (Wildman–Crippen LogP) is 15.9. The van der Waals surface area contributed by atoms with Crippen LogP contribution in [0.25, 0.3) is 99.1 Å². The molecule has 1 nitrogen and oxygen atoms in total. The Morgan fingerprint density at radius 1 is 0.281 bits per heavy atom. The molecule has 0 N–H and O–H groups in total. The number of para-hydroxylation sites is 2. The minimum absolute atomic E-state index is 1.13. The second-order valence-corrected chi connectivity index (χ2v) is 15.7. The molecule has 0 unspecified atom stereocenters. The highest BCUT2D eigenvalue weighted by atomic mass is 15.1. The van der Waals surface area contributed by atoms with Gasteiger partial charge in [0.15, 0.2) is 0 Å². The number of hydrogen-bond acceptors (Lipinski definition) is 1. The topological polar surface area (TPSA) is 3.24 Å². The second-order valence-electron chi connectivity index (χ2n) is 15.7. The van der Waals surface area contributed by atoms with Crippen molar-refractivity contribution in [3.05, 3.63) is 199 Å². The van der Waals surface area contributed by atoms with Gasteiger partial charge in [0.2, 0.25) is 0 Å². The van der Waals surface area contributed by atoms with E-state index in [-0.39, 0.29) is 0 Å². The van der Waals surface area contributed by atoms with Crippen molar-refractivity contribution >= 4 is 49.4 Å². The van der Waals surface area contributed by atoms with Crippen LogP contribution in [0, 0.1) is 13.8 Å². The molecule has 0 radical (unpaired) electrons. The van der Waals surface area contributed by atoms with E-state index in [4.69, 9.17) is 0 Å². The number of benzene rings is 10. The van der Waals surface area contributed by atoms with Gasteiger partial charge >= 0.3 is 0 Å². The number of hydrogen-bond donors (Lipinski definition) is 0. The van der Waals surface area contributed by atoms with Gasteiger partial charge in [-0.05, 0) is 173 Å². The summed E-state index contributed by atoms with van der Waals surface area (Å²) in [6.45, 7) is 4.53. The lowest BCUT2D eigenvalue weighted by atomic mass is 9.80. The Labute approximate surface area is 332 Å². The van der Waals surface area contributed by atoms with Crippen LogP contribution in [0.2, 0.25) is 0 Å². The van der Waals surface area contributed by atoms with Crippen molar-refractivity contribution < 1.29 is 0 Å². The standard InChI is InChI=1S/C56H37N/c1-34-15-9-11-21-41(34)51-49-32-36-25-26-40(57(38-17-5-3-6-18-38)39-19-7-4-8-20-39)31-37(36)33-50(49)52(42-22-12-10-16-35(42)2)56-48-30-28-46-44-24-14-13-23-43(44)45-27-29-47(55(51)56)54(48)53(45)46/h3-33H,1-2H3. The van der Waals surface area contributed by atoms with E-state index in [1.807, 2.05) is 0 Å². The van der Waals surface area contributed by atoms with Crippen LogP contribution in [0.3, 0.4) is 0 Å². The highest BCUT2D eigenvalue weighted by Crippen LogP contribution is 2.62. The van der Waals surface area contributed by atoms with Crippen LogP contribution in [0.15, 0.2) is 188 Å². The van der Waals surface area contributed by atoms with Crippen molar-refractivity contribution in [1.29, 1.82) is 0 Å². The molecule has 0 aromatic heterocycles. The molecule has 0 spiro atoms. The Hall–Kier alpha value is -7.22. The van der Waals surface area contributed by atoms with Crippen molar-refractivity contribution in [1.82, 2.24) is 0 Å². The maximum absolute atomic E-state index is 2.49. The molecule has 0 fully saturated rings. The van der Waals surface area contributed by atoms with Crippen LogP contribution < -0.4 is 4.90 Å². The minimum Gasteiger partial charge on any atom is -0.310 e. The zero-order valence-corrected chi connectivity index (χ0v) is 31.8. The van der Waals surface area contributed by atoms with Gasteiger partial charge in [-0.15, -0.1) is 0 Å². The number of aryl methyl sites for hydroxylation is 2. The van der Waals surface area contributed by atoms with Gasteiger partial charge in [-0.3, -0.25) is 0 Å². The molecule has 0 aliphatic heterocycles. The average Bonchev–Trinajstić information content (AvgIpc) is 3.76. The molecule has 0 atom stereocenters. The maximum atomic E-state index is 2.49. The summed E-state index contributed by atoms with van der Waals surface area (Å²) in [5, 5.41) is 7.77. The van der Waals surface area contributed by atoms with Gasteiger partial charge in [-0.2, -0.15) is 0 Å². The average molecular weight is 724 g/mol. The monoisotopic (exact) mass is 723 g/mol. The summed E-state index contributed by atoms with van der Waals surface area (Å²) in [4.78, 5) is 2.36. The largest absolute Gasteiger partial charge is 0.310 e. The van der Waals surface area contributed by atoms with E-state index >= 15 is 0 Å². The highest BCUT2D eigenvalue weighted by Gasteiger charge is 2.34. The fourth-order valence-electron chi connectivity index (χ4n) is 10.1. The zero-order chi connectivity index (χ0) is 37.8. The lowest BCUT2D eigenvalue weighted by Gasteiger charge is -2.26. The molecule has 12 rings (SSSR count). The molecule has 2 aliphatic rings. The number of rotatable bonds is 5. The van der Waals surface area contributed by atoms with Gasteiger partial charge in [0.25, 0.3) is 0 Å². The summed E-state index contributed by atoms with van der Waals surface area (Å²) in [7, 11) is 0. The Bertz CT molecular complexity index is 3230. The molecule has 2 aliphatic carbocycles. The molecule has 1 heteroatoms. The molecule has 0 bridgehead atoms. The molecule has 0 saturated heterocycles. The quantitative estimate of drug-likeness (QED) is 0.160. The first-order valence-electron chi connectivity index (χ1n) is 19.9. The summed E-state index contributed by atoms with van der Waals surface area (Å²) >= 11 is 0. The number of anilines is 3. The van der Waals surface area contributed by atoms with Gasteiger partial charge in [0, 0.05) is 17.1 Å². The molecule has 0 amide bonds. The Balaban J connectivity index is 1.23. The first-order chi connectivity index (χ1) is 28.1. The smallest absolute Gasteiger partial charge is 0.0468 e. The van der Waals surface area contributed by atoms with Crippen molar-refractivity contribution in [2.45, 2.75) is 13.8 Å². The van der Waals surface area contributed by atoms with E-state index in [2.05, 4.69) is 207 Å². The van der Waals surface area contributed by atoms with Gasteiger partial charge in [-0.1, -0.05) is 140 Å². The van der Waals surface area contributed by atoms with E-state index in [0.29, 0.717) is 0 Å². The second kappa shape index (κ2) is 12.1.